The van der Waals surface area contributed by atoms with E-state index in [4.69, 9.17) is 5.26 Å². The number of rotatable bonds is 3. The number of ether oxygens (including phenoxy) is 1. The third-order valence-electron chi connectivity index (χ3n) is 3.38. The van der Waals surface area contributed by atoms with E-state index in [0.29, 0.717) is 6.42 Å². The molecule has 6 nitrogen and oxygen atoms in total. The first kappa shape index (κ1) is 15.4. The van der Waals surface area contributed by atoms with E-state index in [2.05, 4.69) is 4.74 Å². The van der Waals surface area contributed by atoms with E-state index in [1.807, 2.05) is 0 Å². The Balaban J connectivity index is 2.28. The smallest absolute Gasteiger partial charge is 0.310 e. The number of halogens is 1. The van der Waals surface area contributed by atoms with Gasteiger partial charge in [-0.3, -0.25) is 4.79 Å². The lowest BCUT2D eigenvalue weighted by Crippen LogP contribution is -2.30. The summed E-state index contributed by atoms with van der Waals surface area (Å²) in [7, 11) is -2.61. The molecular formula is C13H13FN2O4S. The van der Waals surface area contributed by atoms with Crippen molar-refractivity contribution in [2.75, 3.05) is 20.2 Å². The predicted molar refractivity (Wildman–Crippen MR) is 70.0 cm³/mol. The summed E-state index contributed by atoms with van der Waals surface area (Å²) >= 11 is 0. The van der Waals surface area contributed by atoms with E-state index in [1.165, 1.54) is 7.11 Å². The van der Waals surface area contributed by atoms with Gasteiger partial charge in [0.1, 0.15) is 11.9 Å². The molecule has 1 aromatic carbocycles. The first-order valence-electron chi connectivity index (χ1n) is 6.17. The highest BCUT2D eigenvalue weighted by molar-refractivity contribution is 7.89. The van der Waals surface area contributed by atoms with Crippen LogP contribution in [0.2, 0.25) is 0 Å². The van der Waals surface area contributed by atoms with E-state index in [-0.39, 0.29) is 23.5 Å². The minimum Gasteiger partial charge on any atom is -0.469 e. The Hall–Kier alpha value is -1.98. The Morgan fingerprint density at radius 1 is 1.52 bits per heavy atom. The maximum absolute atomic E-state index is 13.3. The van der Waals surface area contributed by atoms with Gasteiger partial charge in [0.2, 0.25) is 10.0 Å². The average molecular weight is 312 g/mol. The number of esters is 1. The second-order valence-electron chi connectivity index (χ2n) is 4.63. The zero-order chi connectivity index (χ0) is 15.6. The molecule has 1 fully saturated rings. The van der Waals surface area contributed by atoms with Gasteiger partial charge in [-0.25, -0.2) is 12.8 Å². The van der Waals surface area contributed by atoms with Crippen LogP contribution in [-0.2, 0) is 19.6 Å². The molecule has 112 valence electrons. The van der Waals surface area contributed by atoms with Gasteiger partial charge in [-0.2, -0.15) is 9.57 Å². The van der Waals surface area contributed by atoms with Crippen molar-refractivity contribution < 1.29 is 22.3 Å². The zero-order valence-corrected chi connectivity index (χ0v) is 12.1. The molecule has 8 heteroatoms. The number of methoxy groups -OCH3 is 1. The number of hydrogen-bond acceptors (Lipinski definition) is 5. The Bertz CT molecular complexity index is 711. The van der Waals surface area contributed by atoms with Crippen molar-refractivity contribution in [3.05, 3.63) is 29.6 Å². The maximum Gasteiger partial charge on any atom is 0.310 e. The monoisotopic (exact) mass is 312 g/mol. The Morgan fingerprint density at radius 2 is 2.24 bits per heavy atom. The van der Waals surface area contributed by atoms with Crippen LogP contribution in [0.1, 0.15) is 12.0 Å². The summed E-state index contributed by atoms with van der Waals surface area (Å²) in [6.07, 6.45) is 0.373. The van der Waals surface area contributed by atoms with Gasteiger partial charge in [-0.15, -0.1) is 0 Å². The molecular weight excluding hydrogens is 299 g/mol. The molecule has 1 aliphatic rings. The quantitative estimate of drug-likeness (QED) is 0.773. The molecule has 1 heterocycles. The summed E-state index contributed by atoms with van der Waals surface area (Å²) < 4.78 is 43.8. The number of hydrogen-bond donors (Lipinski definition) is 0. The minimum atomic E-state index is -3.85. The molecule has 1 saturated heterocycles. The van der Waals surface area contributed by atoms with Crippen LogP contribution >= 0.6 is 0 Å². The first-order chi connectivity index (χ1) is 9.90. The van der Waals surface area contributed by atoms with Crippen molar-refractivity contribution in [2.45, 2.75) is 11.3 Å². The molecule has 0 spiro atoms. The van der Waals surface area contributed by atoms with Crippen LogP contribution in [0.15, 0.2) is 23.1 Å². The van der Waals surface area contributed by atoms with Gasteiger partial charge in [0, 0.05) is 13.1 Å². The van der Waals surface area contributed by atoms with E-state index in [9.17, 15) is 17.6 Å². The summed E-state index contributed by atoms with van der Waals surface area (Å²) in [5.41, 5.74) is -0.334. The summed E-state index contributed by atoms with van der Waals surface area (Å²) in [6.45, 7) is 0.204. The molecule has 1 aliphatic heterocycles. The number of carbonyl (C=O) groups excluding carboxylic acids is 1. The number of benzene rings is 1. The molecule has 0 bridgehead atoms. The Kier molecular flexibility index (Phi) is 4.25. The molecule has 0 N–H and O–H groups in total. The lowest BCUT2D eigenvalue weighted by atomic mass is 10.1. The molecule has 0 aliphatic carbocycles. The van der Waals surface area contributed by atoms with Crippen molar-refractivity contribution in [3.8, 4) is 6.07 Å². The lowest BCUT2D eigenvalue weighted by molar-refractivity contribution is -0.144. The molecule has 0 radical (unpaired) electrons. The topological polar surface area (TPSA) is 87.5 Å². The van der Waals surface area contributed by atoms with Gasteiger partial charge in [-0.1, -0.05) is 0 Å². The third-order valence-corrected chi connectivity index (χ3v) is 5.24. The van der Waals surface area contributed by atoms with Crippen LogP contribution in [-0.4, -0.2) is 38.9 Å². The van der Waals surface area contributed by atoms with Crippen molar-refractivity contribution in [2.24, 2.45) is 5.92 Å². The van der Waals surface area contributed by atoms with Gasteiger partial charge < -0.3 is 4.74 Å². The first-order valence-corrected chi connectivity index (χ1v) is 7.61. The van der Waals surface area contributed by atoms with Crippen molar-refractivity contribution >= 4 is 16.0 Å². The molecule has 21 heavy (non-hydrogen) atoms. The zero-order valence-electron chi connectivity index (χ0n) is 11.2. The van der Waals surface area contributed by atoms with Gasteiger partial charge in [0.05, 0.1) is 23.5 Å². The van der Waals surface area contributed by atoms with Crippen LogP contribution in [0.25, 0.3) is 0 Å². The molecule has 1 atom stereocenters. The standard InChI is InChI=1S/C13H13FN2O4S/c1-20-13(17)9-4-5-16(8-9)21(18,19)11-2-3-12(14)10(6-11)7-15/h2-3,6,9H,4-5,8H2,1H3. The minimum absolute atomic E-state index is 0.0221. The molecule has 1 unspecified atom stereocenters. The fourth-order valence-corrected chi connectivity index (χ4v) is 3.73. The second kappa shape index (κ2) is 5.79. The highest BCUT2D eigenvalue weighted by atomic mass is 32.2. The Labute approximate surface area is 121 Å². The molecule has 1 aromatic rings. The number of nitriles is 1. The maximum atomic E-state index is 13.3. The van der Waals surface area contributed by atoms with Crippen molar-refractivity contribution in [3.63, 3.8) is 0 Å². The highest BCUT2D eigenvalue weighted by Gasteiger charge is 2.36. The van der Waals surface area contributed by atoms with E-state index >= 15 is 0 Å². The van der Waals surface area contributed by atoms with Crippen LogP contribution in [0.4, 0.5) is 4.39 Å². The largest absolute Gasteiger partial charge is 0.469 e. The summed E-state index contributed by atoms with van der Waals surface area (Å²) in [5, 5.41) is 8.76. The van der Waals surface area contributed by atoms with Gasteiger partial charge in [0.15, 0.2) is 0 Å². The molecule has 0 saturated carbocycles. The number of sulfonamides is 1. The summed E-state index contributed by atoms with van der Waals surface area (Å²) in [4.78, 5) is 11.3. The van der Waals surface area contributed by atoms with E-state index in [1.54, 1.807) is 6.07 Å². The summed E-state index contributed by atoms with van der Waals surface area (Å²) in [6, 6.07) is 4.65. The lowest BCUT2D eigenvalue weighted by Gasteiger charge is -2.16. The number of carbonyl (C=O) groups is 1. The van der Waals surface area contributed by atoms with E-state index in [0.717, 1.165) is 22.5 Å². The summed E-state index contributed by atoms with van der Waals surface area (Å²) in [5.74, 6) is -1.73. The highest BCUT2D eigenvalue weighted by Crippen LogP contribution is 2.26. The van der Waals surface area contributed by atoms with Crippen LogP contribution < -0.4 is 0 Å². The van der Waals surface area contributed by atoms with Crippen molar-refractivity contribution in [1.29, 1.82) is 5.26 Å². The number of nitrogens with zero attached hydrogens (tertiary/aromatic N) is 2. The Morgan fingerprint density at radius 3 is 2.86 bits per heavy atom. The van der Waals surface area contributed by atoms with Gasteiger partial charge in [0.25, 0.3) is 0 Å². The van der Waals surface area contributed by atoms with Crippen molar-refractivity contribution in [1.82, 2.24) is 4.31 Å². The fourth-order valence-electron chi connectivity index (χ4n) is 2.21. The third kappa shape index (κ3) is 2.89. The average Bonchev–Trinajstić information content (AvgIpc) is 2.97. The van der Waals surface area contributed by atoms with Gasteiger partial charge >= 0.3 is 5.97 Å². The normalized spacial score (nSPS) is 19.2. The SMILES string of the molecule is COC(=O)C1CCN(S(=O)(=O)c2ccc(F)c(C#N)c2)C1. The molecule has 0 aromatic heterocycles. The predicted octanol–water partition coefficient (Wildman–Crippen LogP) is 0.881. The fraction of sp³-hybridized carbons (Fsp3) is 0.385. The molecule has 2 rings (SSSR count). The van der Waals surface area contributed by atoms with E-state index < -0.39 is 27.7 Å². The van der Waals surface area contributed by atoms with Gasteiger partial charge in [-0.05, 0) is 24.6 Å². The van der Waals surface area contributed by atoms with Crippen LogP contribution in [0.3, 0.4) is 0 Å². The second-order valence-corrected chi connectivity index (χ2v) is 6.56. The van der Waals surface area contributed by atoms with Crippen LogP contribution in [0.5, 0.6) is 0 Å². The van der Waals surface area contributed by atoms with Crippen LogP contribution in [0, 0.1) is 23.1 Å². The molecule has 0 amide bonds.